The highest BCUT2D eigenvalue weighted by atomic mass is 16.6. The van der Waals surface area contributed by atoms with E-state index in [-0.39, 0.29) is 0 Å². The van der Waals surface area contributed by atoms with Gasteiger partial charge >= 0.3 is 6.09 Å². The van der Waals surface area contributed by atoms with Crippen molar-refractivity contribution in [3.8, 4) is 0 Å². The zero-order valence-electron chi connectivity index (χ0n) is 13.3. The van der Waals surface area contributed by atoms with Gasteiger partial charge in [0.2, 0.25) is 0 Å². The van der Waals surface area contributed by atoms with E-state index in [1.807, 2.05) is 41.5 Å². The lowest BCUT2D eigenvalue weighted by Crippen LogP contribution is -2.51. The largest absolute Gasteiger partial charge is 0.444 e. The first-order valence-electron chi connectivity index (χ1n) is 6.80. The SMILES string of the molecule is Cc1ncc(CNCC(C)(C)NC(=O)OC(C)(C)C)[nH]1. The Hall–Kier alpha value is -1.56. The van der Waals surface area contributed by atoms with Gasteiger partial charge in [0.05, 0.1) is 5.54 Å². The Morgan fingerprint density at radius 2 is 2.00 bits per heavy atom. The van der Waals surface area contributed by atoms with Crippen molar-refractivity contribution in [1.82, 2.24) is 20.6 Å². The Morgan fingerprint density at radius 1 is 1.35 bits per heavy atom. The number of carbonyl (C=O) groups excluding carboxylic acids is 1. The lowest BCUT2D eigenvalue weighted by molar-refractivity contribution is 0.0472. The van der Waals surface area contributed by atoms with Crippen molar-refractivity contribution in [3.05, 3.63) is 17.7 Å². The molecular formula is C14H26N4O2. The molecule has 0 aliphatic carbocycles. The molecule has 0 bridgehead atoms. The number of rotatable bonds is 5. The van der Waals surface area contributed by atoms with Crippen LogP contribution in [0.4, 0.5) is 4.79 Å². The third-order valence-corrected chi connectivity index (χ3v) is 2.48. The molecule has 0 saturated carbocycles. The van der Waals surface area contributed by atoms with Crippen LogP contribution in [-0.4, -0.2) is 33.7 Å². The van der Waals surface area contributed by atoms with Gasteiger partial charge in [-0.3, -0.25) is 0 Å². The fraction of sp³-hybridized carbons (Fsp3) is 0.714. The third-order valence-electron chi connectivity index (χ3n) is 2.48. The normalized spacial score (nSPS) is 12.3. The Morgan fingerprint density at radius 3 is 2.50 bits per heavy atom. The molecule has 6 heteroatoms. The van der Waals surface area contributed by atoms with Gasteiger partial charge in [-0.1, -0.05) is 0 Å². The number of carbonyl (C=O) groups is 1. The van der Waals surface area contributed by atoms with Crippen molar-refractivity contribution in [2.45, 2.75) is 59.2 Å². The van der Waals surface area contributed by atoms with Gasteiger partial charge in [-0.25, -0.2) is 9.78 Å². The second-order valence-electron chi connectivity index (χ2n) is 6.61. The van der Waals surface area contributed by atoms with Crippen molar-refractivity contribution in [2.75, 3.05) is 6.54 Å². The molecule has 114 valence electrons. The summed E-state index contributed by atoms with van der Waals surface area (Å²) in [4.78, 5) is 19.0. The number of H-pyrrole nitrogens is 1. The second-order valence-corrected chi connectivity index (χ2v) is 6.61. The Labute approximate surface area is 120 Å². The first-order valence-corrected chi connectivity index (χ1v) is 6.80. The number of aryl methyl sites for hydroxylation is 1. The predicted octanol–water partition coefficient (Wildman–Crippen LogP) is 2.11. The monoisotopic (exact) mass is 282 g/mol. The number of alkyl carbamates (subject to hydrolysis) is 1. The quantitative estimate of drug-likeness (QED) is 0.773. The van der Waals surface area contributed by atoms with Gasteiger partial charge in [0.15, 0.2) is 0 Å². The van der Waals surface area contributed by atoms with Crippen LogP contribution in [0, 0.1) is 6.92 Å². The van der Waals surface area contributed by atoms with Crippen LogP contribution in [0.25, 0.3) is 0 Å². The Kier molecular flexibility index (Phi) is 5.16. The molecule has 1 rings (SSSR count). The van der Waals surface area contributed by atoms with Gasteiger partial charge in [0, 0.05) is 25.0 Å². The summed E-state index contributed by atoms with van der Waals surface area (Å²) in [6, 6.07) is 0. The number of nitrogens with zero attached hydrogens (tertiary/aromatic N) is 1. The molecule has 0 fully saturated rings. The van der Waals surface area contributed by atoms with Crippen LogP contribution in [0.5, 0.6) is 0 Å². The molecule has 0 atom stereocenters. The average Bonchev–Trinajstić information content (AvgIpc) is 2.59. The van der Waals surface area contributed by atoms with Crippen molar-refractivity contribution >= 4 is 6.09 Å². The van der Waals surface area contributed by atoms with Gasteiger partial charge in [0.25, 0.3) is 0 Å². The van der Waals surface area contributed by atoms with E-state index in [4.69, 9.17) is 4.74 Å². The number of hydrogen-bond acceptors (Lipinski definition) is 4. The maximum atomic E-state index is 11.7. The smallest absolute Gasteiger partial charge is 0.408 e. The molecule has 1 amide bonds. The van der Waals surface area contributed by atoms with Crippen LogP contribution in [-0.2, 0) is 11.3 Å². The molecule has 0 aromatic carbocycles. The minimum atomic E-state index is -0.485. The molecule has 3 N–H and O–H groups in total. The van der Waals surface area contributed by atoms with Gasteiger partial charge < -0.3 is 20.4 Å². The molecule has 0 unspecified atom stereocenters. The highest BCUT2D eigenvalue weighted by Gasteiger charge is 2.24. The molecule has 6 nitrogen and oxygen atoms in total. The number of aromatic amines is 1. The Bertz CT molecular complexity index is 446. The molecule has 1 aromatic heterocycles. The van der Waals surface area contributed by atoms with Crippen LogP contribution in [0.1, 0.15) is 46.1 Å². The van der Waals surface area contributed by atoms with Crippen LogP contribution in [0.2, 0.25) is 0 Å². The standard InChI is InChI=1S/C14H26N4O2/c1-10-16-8-11(17-10)7-15-9-14(5,6)18-12(19)20-13(2,3)4/h8,15H,7,9H2,1-6H3,(H,16,17)(H,18,19). The third kappa shape index (κ3) is 6.56. The minimum absolute atomic E-state index is 0.391. The van der Waals surface area contributed by atoms with E-state index >= 15 is 0 Å². The lowest BCUT2D eigenvalue weighted by atomic mass is 10.1. The van der Waals surface area contributed by atoms with Crippen molar-refractivity contribution in [2.24, 2.45) is 0 Å². The Balaban J connectivity index is 2.35. The minimum Gasteiger partial charge on any atom is -0.444 e. The molecule has 0 saturated heterocycles. The summed E-state index contributed by atoms with van der Waals surface area (Å²) in [5.74, 6) is 0.896. The summed E-state index contributed by atoms with van der Waals surface area (Å²) in [5, 5.41) is 6.14. The second kappa shape index (κ2) is 6.26. The van der Waals surface area contributed by atoms with Crippen molar-refractivity contribution in [3.63, 3.8) is 0 Å². The number of nitrogens with one attached hydrogen (secondary N) is 3. The maximum absolute atomic E-state index is 11.7. The summed E-state index contributed by atoms with van der Waals surface area (Å²) >= 11 is 0. The molecular weight excluding hydrogens is 256 g/mol. The molecule has 0 spiro atoms. The van der Waals surface area contributed by atoms with E-state index in [1.54, 1.807) is 6.20 Å². The first-order chi connectivity index (χ1) is 9.07. The summed E-state index contributed by atoms with van der Waals surface area (Å²) in [6.45, 7) is 12.7. The highest BCUT2D eigenvalue weighted by Crippen LogP contribution is 2.09. The number of amides is 1. The number of aromatic nitrogens is 2. The topological polar surface area (TPSA) is 79.0 Å². The molecule has 0 aliphatic rings. The van der Waals surface area contributed by atoms with E-state index < -0.39 is 17.2 Å². The van der Waals surface area contributed by atoms with Crippen LogP contribution in [0.15, 0.2) is 6.20 Å². The fourth-order valence-electron chi connectivity index (χ4n) is 1.70. The molecule has 1 aromatic rings. The first kappa shape index (κ1) is 16.5. The van der Waals surface area contributed by atoms with E-state index in [2.05, 4.69) is 20.6 Å². The number of ether oxygens (including phenoxy) is 1. The van der Waals surface area contributed by atoms with Crippen LogP contribution >= 0.6 is 0 Å². The van der Waals surface area contributed by atoms with Crippen molar-refractivity contribution < 1.29 is 9.53 Å². The average molecular weight is 282 g/mol. The van der Waals surface area contributed by atoms with Gasteiger partial charge in [0.1, 0.15) is 11.4 Å². The number of imidazole rings is 1. The van der Waals surface area contributed by atoms with E-state index in [0.717, 1.165) is 11.5 Å². The maximum Gasteiger partial charge on any atom is 0.408 e. The van der Waals surface area contributed by atoms with Gasteiger partial charge in [-0.05, 0) is 41.5 Å². The molecule has 20 heavy (non-hydrogen) atoms. The van der Waals surface area contributed by atoms with E-state index in [9.17, 15) is 4.79 Å². The summed E-state index contributed by atoms with van der Waals surface area (Å²) in [5.41, 5.74) is 0.147. The molecule has 0 aliphatic heterocycles. The highest BCUT2D eigenvalue weighted by molar-refractivity contribution is 5.68. The van der Waals surface area contributed by atoms with Crippen LogP contribution < -0.4 is 10.6 Å². The van der Waals surface area contributed by atoms with Crippen LogP contribution in [0.3, 0.4) is 0 Å². The number of hydrogen-bond donors (Lipinski definition) is 3. The molecule has 1 heterocycles. The predicted molar refractivity (Wildman–Crippen MR) is 78.5 cm³/mol. The van der Waals surface area contributed by atoms with E-state index in [1.165, 1.54) is 0 Å². The lowest BCUT2D eigenvalue weighted by Gasteiger charge is -2.28. The molecule has 0 radical (unpaired) electrons. The summed E-state index contributed by atoms with van der Waals surface area (Å²) < 4.78 is 5.25. The zero-order chi connectivity index (χ0) is 15.4. The van der Waals surface area contributed by atoms with Crippen molar-refractivity contribution in [1.29, 1.82) is 0 Å². The zero-order valence-corrected chi connectivity index (χ0v) is 13.3. The van der Waals surface area contributed by atoms with E-state index in [0.29, 0.717) is 13.1 Å². The van der Waals surface area contributed by atoms with Gasteiger partial charge in [-0.15, -0.1) is 0 Å². The summed E-state index contributed by atoms with van der Waals surface area (Å²) in [6.07, 6.45) is 1.40. The van der Waals surface area contributed by atoms with Gasteiger partial charge in [-0.2, -0.15) is 0 Å². The summed E-state index contributed by atoms with van der Waals surface area (Å²) in [7, 11) is 0. The fourth-order valence-corrected chi connectivity index (χ4v) is 1.70.